The van der Waals surface area contributed by atoms with E-state index in [1.807, 2.05) is 0 Å². The van der Waals surface area contributed by atoms with Crippen molar-refractivity contribution in [3.8, 4) is 0 Å². The summed E-state index contributed by atoms with van der Waals surface area (Å²) in [6.45, 7) is 6.94. The summed E-state index contributed by atoms with van der Waals surface area (Å²) in [5.41, 5.74) is -0.420. The summed E-state index contributed by atoms with van der Waals surface area (Å²) in [5.74, 6) is -0.573. The molecule has 0 amide bonds. The number of methoxy groups -OCH3 is 1. The SMILES string of the molecule is [C-]#[N+][C@H](CC(=O)OC)c1ccc(C(F)(F)F)cc1. The fraction of sp³-hybridized carbons (Fsp3) is 0.333. The zero-order valence-corrected chi connectivity index (χ0v) is 9.49. The predicted molar refractivity (Wildman–Crippen MR) is 57.4 cm³/mol. The molecule has 0 radical (unpaired) electrons. The number of nitrogens with zero attached hydrogens (tertiary/aromatic N) is 1. The average molecular weight is 257 g/mol. The Hall–Kier alpha value is -2.03. The summed E-state index contributed by atoms with van der Waals surface area (Å²) >= 11 is 0. The van der Waals surface area contributed by atoms with Gasteiger partial charge >= 0.3 is 12.1 Å². The van der Waals surface area contributed by atoms with Gasteiger partial charge in [-0.1, -0.05) is 12.1 Å². The second kappa shape index (κ2) is 5.54. The maximum absolute atomic E-state index is 12.3. The van der Waals surface area contributed by atoms with E-state index in [4.69, 9.17) is 6.57 Å². The molecule has 0 aliphatic rings. The zero-order valence-electron chi connectivity index (χ0n) is 9.49. The fourth-order valence-corrected chi connectivity index (χ4v) is 1.37. The number of alkyl halides is 3. The van der Waals surface area contributed by atoms with Gasteiger partial charge in [0.25, 0.3) is 6.04 Å². The van der Waals surface area contributed by atoms with Crippen molar-refractivity contribution in [2.45, 2.75) is 18.6 Å². The molecule has 0 saturated carbocycles. The molecule has 0 fully saturated rings. The van der Waals surface area contributed by atoms with Gasteiger partial charge in [0.1, 0.15) is 6.42 Å². The first-order valence-corrected chi connectivity index (χ1v) is 4.99. The number of esters is 1. The highest BCUT2D eigenvalue weighted by molar-refractivity contribution is 5.70. The molecule has 0 aromatic heterocycles. The first-order valence-electron chi connectivity index (χ1n) is 4.99. The summed E-state index contributed by atoms with van der Waals surface area (Å²) < 4.78 is 41.4. The minimum atomic E-state index is -4.41. The molecular formula is C12H10F3NO2. The summed E-state index contributed by atoms with van der Waals surface area (Å²) in [7, 11) is 1.19. The lowest BCUT2D eigenvalue weighted by atomic mass is 10.0. The molecule has 1 atom stereocenters. The van der Waals surface area contributed by atoms with Gasteiger partial charge in [-0.2, -0.15) is 13.2 Å². The number of rotatable bonds is 3. The van der Waals surface area contributed by atoms with Crippen LogP contribution >= 0.6 is 0 Å². The number of benzene rings is 1. The van der Waals surface area contributed by atoms with E-state index in [-0.39, 0.29) is 6.42 Å². The van der Waals surface area contributed by atoms with Crippen molar-refractivity contribution >= 4 is 5.97 Å². The third kappa shape index (κ3) is 3.48. The molecule has 1 aromatic rings. The first kappa shape index (κ1) is 14.0. The second-order valence-electron chi connectivity index (χ2n) is 3.54. The largest absolute Gasteiger partial charge is 0.469 e. The second-order valence-corrected chi connectivity index (χ2v) is 3.54. The van der Waals surface area contributed by atoms with Crippen molar-refractivity contribution in [2.24, 2.45) is 0 Å². The van der Waals surface area contributed by atoms with Gasteiger partial charge in [0, 0.05) is 5.56 Å². The lowest BCUT2D eigenvalue weighted by Gasteiger charge is -2.08. The van der Waals surface area contributed by atoms with Crippen molar-refractivity contribution in [3.05, 3.63) is 46.8 Å². The zero-order chi connectivity index (χ0) is 13.8. The van der Waals surface area contributed by atoms with Gasteiger partial charge in [-0.25, -0.2) is 6.57 Å². The van der Waals surface area contributed by atoms with Crippen LogP contribution in [0.5, 0.6) is 0 Å². The number of hydrogen-bond donors (Lipinski definition) is 0. The maximum atomic E-state index is 12.3. The van der Waals surface area contributed by atoms with E-state index in [0.717, 1.165) is 12.1 Å². The summed E-state index contributed by atoms with van der Waals surface area (Å²) in [4.78, 5) is 14.2. The van der Waals surface area contributed by atoms with Crippen LogP contribution in [0.25, 0.3) is 4.85 Å². The van der Waals surface area contributed by atoms with Gasteiger partial charge in [0.15, 0.2) is 0 Å². The Morgan fingerprint density at radius 3 is 2.33 bits per heavy atom. The third-order valence-electron chi connectivity index (χ3n) is 2.37. The molecule has 0 bridgehead atoms. The monoisotopic (exact) mass is 257 g/mol. The Morgan fingerprint density at radius 2 is 1.94 bits per heavy atom. The molecule has 96 valence electrons. The standard InChI is InChI=1S/C12H10F3NO2/c1-16-10(7-11(17)18-2)8-3-5-9(6-4-8)12(13,14)15/h3-6,10H,7H2,2H3/t10-/m1/s1. The van der Waals surface area contributed by atoms with Crippen molar-refractivity contribution < 1.29 is 22.7 Å². The van der Waals surface area contributed by atoms with Crippen LogP contribution < -0.4 is 0 Å². The number of hydrogen-bond acceptors (Lipinski definition) is 2. The fourth-order valence-electron chi connectivity index (χ4n) is 1.37. The van der Waals surface area contributed by atoms with Crippen molar-refractivity contribution in [1.82, 2.24) is 0 Å². The Bertz CT molecular complexity index is 460. The molecule has 6 heteroatoms. The molecule has 1 rings (SSSR count). The molecule has 0 aliphatic heterocycles. The van der Waals surface area contributed by atoms with Gasteiger partial charge in [0.05, 0.1) is 12.7 Å². The predicted octanol–water partition coefficient (Wildman–Crippen LogP) is 3.23. The molecule has 0 heterocycles. The molecule has 0 unspecified atom stereocenters. The van der Waals surface area contributed by atoms with Crippen molar-refractivity contribution in [3.63, 3.8) is 0 Å². The maximum Gasteiger partial charge on any atom is 0.416 e. The number of carbonyl (C=O) groups is 1. The van der Waals surface area contributed by atoms with E-state index in [0.29, 0.717) is 5.56 Å². The van der Waals surface area contributed by atoms with Crippen molar-refractivity contribution in [2.75, 3.05) is 7.11 Å². The van der Waals surface area contributed by atoms with Gasteiger partial charge < -0.3 is 9.58 Å². The highest BCUT2D eigenvalue weighted by Crippen LogP contribution is 2.31. The van der Waals surface area contributed by atoms with E-state index in [1.54, 1.807) is 0 Å². The third-order valence-corrected chi connectivity index (χ3v) is 2.37. The Balaban J connectivity index is 2.90. The van der Waals surface area contributed by atoms with E-state index in [9.17, 15) is 18.0 Å². The molecule has 1 aromatic carbocycles. The number of ether oxygens (including phenoxy) is 1. The van der Waals surface area contributed by atoms with Crippen LogP contribution in [0.4, 0.5) is 13.2 Å². The molecule has 0 spiro atoms. The molecule has 0 N–H and O–H groups in total. The Kier molecular flexibility index (Phi) is 4.32. The Morgan fingerprint density at radius 1 is 1.39 bits per heavy atom. The van der Waals surface area contributed by atoms with E-state index in [1.165, 1.54) is 19.2 Å². The molecule has 0 saturated heterocycles. The lowest BCUT2D eigenvalue weighted by molar-refractivity contribution is -0.141. The number of halogens is 3. The van der Waals surface area contributed by atoms with E-state index >= 15 is 0 Å². The normalized spacial score (nSPS) is 12.6. The quantitative estimate of drug-likeness (QED) is 0.614. The lowest BCUT2D eigenvalue weighted by Crippen LogP contribution is -2.07. The Labute approximate surface area is 102 Å². The van der Waals surface area contributed by atoms with Crippen LogP contribution in [0.15, 0.2) is 24.3 Å². The minimum Gasteiger partial charge on any atom is -0.469 e. The van der Waals surface area contributed by atoms with Crippen molar-refractivity contribution in [1.29, 1.82) is 0 Å². The van der Waals surface area contributed by atoms with Gasteiger partial charge in [-0.3, -0.25) is 4.79 Å². The van der Waals surface area contributed by atoms with E-state index < -0.39 is 23.8 Å². The minimum absolute atomic E-state index is 0.175. The molecule has 0 aliphatic carbocycles. The van der Waals surface area contributed by atoms with Crippen LogP contribution in [0.1, 0.15) is 23.6 Å². The van der Waals surface area contributed by atoms with Crippen LogP contribution in [0.3, 0.4) is 0 Å². The highest BCUT2D eigenvalue weighted by atomic mass is 19.4. The number of carbonyl (C=O) groups excluding carboxylic acids is 1. The molecule has 3 nitrogen and oxygen atoms in total. The van der Waals surface area contributed by atoms with Crippen LogP contribution in [-0.2, 0) is 15.7 Å². The average Bonchev–Trinajstić information content (AvgIpc) is 2.34. The van der Waals surface area contributed by atoms with Gasteiger partial charge in [-0.05, 0) is 12.1 Å². The topological polar surface area (TPSA) is 30.7 Å². The van der Waals surface area contributed by atoms with Gasteiger partial charge in [-0.15, -0.1) is 0 Å². The summed E-state index contributed by atoms with van der Waals surface area (Å²) in [6, 6.07) is 3.37. The summed E-state index contributed by atoms with van der Waals surface area (Å²) in [5, 5.41) is 0. The summed E-state index contributed by atoms with van der Waals surface area (Å²) in [6.07, 6.45) is -4.58. The van der Waals surface area contributed by atoms with Gasteiger partial charge in [0.2, 0.25) is 0 Å². The molecular weight excluding hydrogens is 247 g/mol. The smallest absolute Gasteiger partial charge is 0.416 e. The van der Waals surface area contributed by atoms with E-state index in [2.05, 4.69) is 9.58 Å². The highest BCUT2D eigenvalue weighted by Gasteiger charge is 2.31. The van der Waals surface area contributed by atoms with Crippen LogP contribution in [0, 0.1) is 6.57 Å². The van der Waals surface area contributed by atoms with Crippen LogP contribution in [-0.4, -0.2) is 13.1 Å². The van der Waals surface area contributed by atoms with Crippen LogP contribution in [0.2, 0.25) is 0 Å². The first-order chi connectivity index (χ1) is 8.38. The molecule has 18 heavy (non-hydrogen) atoms.